The minimum absolute atomic E-state index is 0.0159. The number of sulfonamides is 1. The second kappa shape index (κ2) is 8.97. The van der Waals surface area contributed by atoms with Crippen LogP contribution in [-0.2, 0) is 14.8 Å². The number of aryl methyl sites for hydroxylation is 1. The van der Waals surface area contributed by atoms with Gasteiger partial charge in [-0.3, -0.25) is 4.79 Å². The number of carbonyl (C=O) groups excluding carboxylic acids is 1. The maximum absolute atomic E-state index is 13.0. The van der Waals surface area contributed by atoms with E-state index in [1.54, 1.807) is 30.3 Å². The molecular formula is C22H28N2O4S. The summed E-state index contributed by atoms with van der Waals surface area (Å²) in [6.07, 6.45) is 1.28. The van der Waals surface area contributed by atoms with E-state index in [1.807, 2.05) is 39.0 Å². The zero-order valence-corrected chi connectivity index (χ0v) is 17.9. The lowest BCUT2D eigenvalue weighted by atomic mass is 9.98. The second-order valence-electron chi connectivity index (χ2n) is 7.67. The van der Waals surface area contributed by atoms with Gasteiger partial charge in [0.15, 0.2) is 0 Å². The Kier molecular flexibility index (Phi) is 6.59. The van der Waals surface area contributed by atoms with Gasteiger partial charge in [0, 0.05) is 13.1 Å². The summed E-state index contributed by atoms with van der Waals surface area (Å²) in [5, 5.41) is 2.92. The van der Waals surface area contributed by atoms with Gasteiger partial charge in [0.05, 0.1) is 22.6 Å². The Bertz CT molecular complexity index is 955. The molecule has 29 heavy (non-hydrogen) atoms. The molecule has 1 fully saturated rings. The number of hydrogen-bond donors (Lipinski definition) is 1. The van der Waals surface area contributed by atoms with E-state index in [2.05, 4.69) is 5.32 Å². The maximum Gasteiger partial charge on any atom is 0.243 e. The lowest BCUT2D eigenvalue weighted by molar-refractivity contribution is -0.120. The predicted molar refractivity (Wildman–Crippen MR) is 113 cm³/mol. The van der Waals surface area contributed by atoms with Gasteiger partial charge in [0.2, 0.25) is 15.9 Å². The molecule has 7 heteroatoms. The van der Waals surface area contributed by atoms with E-state index in [0.29, 0.717) is 30.8 Å². The Morgan fingerprint density at radius 3 is 2.52 bits per heavy atom. The summed E-state index contributed by atoms with van der Waals surface area (Å²) in [4.78, 5) is 13.1. The van der Waals surface area contributed by atoms with Crippen LogP contribution in [0.1, 0.15) is 32.3 Å². The lowest BCUT2D eigenvalue weighted by Gasteiger charge is -2.31. The quantitative estimate of drug-likeness (QED) is 0.777. The van der Waals surface area contributed by atoms with Crippen molar-refractivity contribution in [2.45, 2.75) is 44.6 Å². The Morgan fingerprint density at radius 1 is 1.14 bits per heavy atom. The van der Waals surface area contributed by atoms with Crippen molar-refractivity contribution < 1.29 is 17.9 Å². The van der Waals surface area contributed by atoms with Crippen LogP contribution in [0, 0.1) is 12.8 Å². The number of hydrogen-bond acceptors (Lipinski definition) is 4. The van der Waals surface area contributed by atoms with E-state index >= 15 is 0 Å². The fourth-order valence-electron chi connectivity index (χ4n) is 3.40. The number of rotatable bonds is 6. The van der Waals surface area contributed by atoms with Crippen molar-refractivity contribution in [2.75, 3.05) is 18.4 Å². The third-order valence-corrected chi connectivity index (χ3v) is 6.80. The molecule has 2 aromatic rings. The lowest BCUT2D eigenvalue weighted by Crippen LogP contribution is -2.43. The number of nitrogens with one attached hydrogen (secondary N) is 1. The van der Waals surface area contributed by atoms with Gasteiger partial charge >= 0.3 is 0 Å². The molecule has 6 nitrogen and oxygen atoms in total. The average molecular weight is 417 g/mol. The molecule has 0 aromatic heterocycles. The first-order chi connectivity index (χ1) is 13.8. The molecule has 0 aliphatic carbocycles. The number of nitrogens with zero attached hydrogens (tertiary/aromatic N) is 1. The number of piperidine rings is 1. The van der Waals surface area contributed by atoms with Crippen LogP contribution in [0.3, 0.4) is 0 Å². The maximum atomic E-state index is 13.0. The standard InChI is InChI=1S/C22H28N2O4S/c1-16(2)28-21-9-5-4-8-20(21)23-22(25)18-7-6-14-24(15-18)29(26,27)19-12-10-17(3)11-13-19/h4-5,8-13,16,18H,6-7,14-15H2,1-3H3,(H,23,25)/t18-/m1/s1. The second-order valence-corrected chi connectivity index (χ2v) is 9.61. The first-order valence-electron chi connectivity index (χ1n) is 9.91. The summed E-state index contributed by atoms with van der Waals surface area (Å²) < 4.78 is 33.1. The van der Waals surface area contributed by atoms with E-state index in [-0.39, 0.29) is 23.5 Å². The topological polar surface area (TPSA) is 75.7 Å². The first-order valence-corrected chi connectivity index (χ1v) is 11.3. The predicted octanol–water partition coefficient (Wildman–Crippen LogP) is 3.82. The summed E-state index contributed by atoms with van der Waals surface area (Å²) >= 11 is 0. The zero-order valence-electron chi connectivity index (χ0n) is 17.1. The van der Waals surface area contributed by atoms with Crippen molar-refractivity contribution in [1.29, 1.82) is 0 Å². The summed E-state index contributed by atoms with van der Waals surface area (Å²) in [6, 6.07) is 14.1. The summed E-state index contributed by atoms with van der Waals surface area (Å²) in [5.41, 5.74) is 1.60. The minimum atomic E-state index is -3.61. The molecule has 156 valence electrons. The molecule has 0 spiro atoms. The van der Waals surface area contributed by atoms with Crippen LogP contribution in [0.2, 0.25) is 0 Å². The molecular weight excluding hydrogens is 388 g/mol. The van der Waals surface area contributed by atoms with Crippen LogP contribution in [0.5, 0.6) is 5.75 Å². The van der Waals surface area contributed by atoms with Gasteiger partial charge in [-0.05, 0) is 57.9 Å². The number of anilines is 1. The molecule has 3 rings (SSSR count). The van der Waals surface area contributed by atoms with Crippen molar-refractivity contribution in [3.63, 3.8) is 0 Å². The average Bonchev–Trinajstić information content (AvgIpc) is 2.69. The highest BCUT2D eigenvalue weighted by molar-refractivity contribution is 7.89. The first kappa shape index (κ1) is 21.3. The molecule has 0 radical (unpaired) electrons. The Morgan fingerprint density at radius 2 is 1.83 bits per heavy atom. The zero-order chi connectivity index (χ0) is 21.0. The van der Waals surface area contributed by atoms with Crippen LogP contribution >= 0.6 is 0 Å². The number of para-hydroxylation sites is 2. The summed E-state index contributed by atoms with van der Waals surface area (Å²) in [7, 11) is -3.61. The molecule has 2 aromatic carbocycles. The molecule has 1 aliphatic rings. The molecule has 0 unspecified atom stereocenters. The SMILES string of the molecule is Cc1ccc(S(=O)(=O)N2CCC[C@@H](C(=O)Nc3ccccc3OC(C)C)C2)cc1. The molecule has 1 amide bonds. The highest BCUT2D eigenvalue weighted by Crippen LogP contribution is 2.28. The van der Waals surface area contributed by atoms with Gasteiger partial charge in [-0.1, -0.05) is 29.8 Å². The van der Waals surface area contributed by atoms with Gasteiger partial charge in [0.25, 0.3) is 0 Å². The van der Waals surface area contributed by atoms with Crippen molar-refractivity contribution >= 4 is 21.6 Å². The van der Waals surface area contributed by atoms with E-state index < -0.39 is 15.9 Å². The Balaban J connectivity index is 1.72. The molecule has 1 saturated heterocycles. The monoisotopic (exact) mass is 416 g/mol. The van der Waals surface area contributed by atoms with Crippen molar-refractivity contribution in [3.8, 4) is 5.75 Å². The number of carbonyl (C=O) groups is 1. The molecule has 1 aliphatic heterocycles. The summed E-state index contributed by atoms with van der Waals surface area (Å²) in [5.74, 6) is 0.0143. The highest BCUT2D eigenvalue weighted by Gasteiger charge is 2.33. The van der Waals surface area contributed by atoms with E-state index in [1.165, 1.54) is 4.31 Å². The van der Waals surface area contributed by atoms with Gasteiger partial charge in [-0.2, -0.15) is 4.31 Å². The largest absolute Gasteiger partial charge is 0.489 e. The van der Waals surface area contributed by atoms with Crippen LogP contribution in [0.4, 0.5) is 5.69 Å². The van der Waals surface area contributed by atoms with Crippen molar-refractivity contribution in [2.24, 2.45) is 5.92 Å². The molecule has 1 N–H and O–H groups in total. The van der Waals surface area contributed by atoms with Crippen LogP contribution in [0.25, 0.3) is 0 Å². The summed E-state index contributed by atoms with van der Waals surface area (Å²) in [6.45, 7) is 6.36. The number of amides is 1. The third kappa shape index (κ3) is 5.16. The Hall–Kier alpha value is -2.38. The van der Waals surface area contributed by atoms with Crippen molar-refractivity contribution in [1.82, 2.24) is 4.31 Å². The minimum Gasteiger partial charge on any atom is -0.489 e. The molecule has 1 heterocycles. The van der Waals surface area contributed by atoms with Crippen LogP contribution < -0.4 is 10.1 Å². The van der Waals surface area contributed by atoms with Gasteiger partial charge < -0.3 is 10.1 Å². The van der Waals surface area contributed by atoms with Gasteiger partial charge in [0.1, 0.15) is 5.75 Å². The highest BCUT2D eigenvalue weighted by atomic mass is 32.2. The van der Waals surface area contributed by atoms with Gasteiger partial charge in [-0.25, -0.2) is 8.42 Å². The fourth-order valence-corrected chi connectivity index (χ4v) is 4.92. The number of ether oxygens (including phenoxy) is 1. The fraction of sp³-hybridized carbons (Fsp3) is 0.409. The molecule has 0 bridgehead atoms. The van der Waals surface area contributed by atoms with E-state index in [0.717, 1.165) is 5.56 Å². The van der Waals surface area contributed by atoms with Crippen LogP contribution in [0.15, 0.2) is 53.4 Å². The van der Waals surface area contributed by atoms with Crippen molar-refractivity contribution in [3.05, 3.63) is 54.1 Å². The molecule has 1 atom stereocenters. The van der Waals surface area contributed by atoms with Gasteiger partial charge in [-0.15, -0.1) is 0 Å². The molecule has 0 saturated carbocycles. The van der Waals surface area contributed by atoms with E-state index in [4.69, 9.17) is 4.74 Å². The Labute approximate surface area is 172 Å². The van der Waals surface area contributed by atoms with Crippen LogP contribution in [-0.4, -0.2) is 37.8 Å². The van der Waals surface area contributed by atoms with E-state index in [9.17, 15) is 13.2 Å². The smallest absolute Gasteiger partial charge is 0.243 e. The third-order valence-electron chi connectivity index (χ3n) is 4.92. The normalized spacial score (nSPS) is 17.9. The number of benzene rings is 2.